The summed E-state index contributed by atoms with van der Waals surface area (Å²) in [6.45, 7) is 6.10. The number of aliphatic hydroxyl groups excluding tert-OH is 2. The van der Waals surface area contributed by atoms with E-state index in [2.05, 4.69) is 6.92 Å². The second kappa shape index (κ2) is 4.00. The molecule has 10 unspecified atom stereocenters. The molecule has 1 saturated carbocycles. The molecule has 0 aromatic carbocycles. The van der Waals surface area contributed by atoms with Crippen LogP contribution < -0.4 is 0 Å². The summed E-state index contributed by atoms with van der Waals surface area (Å²) in [6, 6.07) is 0. The summed E-state index contributed by atoms with van der Waals surface area (Å²) in [4.78, 5) is 0. The predicted octanol–water partition coefficient (Wildman–Crippen LogP) is -0.0458. The van der Waals surface area contributed by atoms with Crippen LogP contribution in [-0.2, 0) is 14.2 Å². The maximum atomic E-state index is 11.0. The minimum Gasteiger partial charge on any atom is -0.390 e. The van der Waals surface area contributed by atoms with E-state index < -0.39 is 23.4 Å². The SMILES string of the molecule is CC1=CC2OC3C(O)CC4OC(C)C43C(C)C23COC1(O)C3O. The molecule has 6 nitrogen and oxygen atoms in total. The Hall–Kier alpha value is -0.500. The lowest BCUT2D eigenvalue weighted by atomic mass is 9.49. The van der Waals surface area contributed by atoms with E-state index in [1.54, 1.807) is 6.92 Å². The van der Waals surface area contributed by atoms with Crippen LogP contribution in [0.25, 0.3) is 0 Å². The zero-order valence-corrected chi connectivity index (χ0v) is 13.6. The van der Waals surface area contributed by atoms with Gasteiger partial charge in [-0.15, -0.1) is 0 Å². The highest BCUT2D eigenvalue weighted by molar-refractivity contribution is 5.34. The van der Waals surface area contributed by atoms with Crippen LogP contribution in [0.3, 0.4) is 0 Å². The van der Waals surface area contributed by atoms with Gasteiger partial charge in [0.25, 0.3) is 0 Å². The molecular weight excluding hydrogens is 300 g/mol. The molecule has 2 aliphatic carbocycles. The van der Waals surface area contributed by atoms with Crippen molar-refractivity contribution >= 4 is 0 Å². The van der Waals surface area contributed by atoms with Crippen LogP contribution >= 0.6 is 0 Å². The molecule has 5 rings (SSSR count). The van der Waals surface area contributed by atoms with Gasteiger partial charge in [-0.05, 0) is 25.3 Å². The average molecular weight is 324 g/mol. The Morgan fingerprint density at radius 3 is 2.65 bits per heavy atom. The van der Waals surface area contributed by atoms with Crippen LogP contribution in [0.4, 0.5) is 0 Å². The molecule has 23 heavy (non-hydrogen) atoms. The molecule has 3 N–H and O–H groups in total. The van der Waals surface area contributed by atoms with Gasteiger partial charge in [-0.3, -0.25) is 0 Å². The lowest BCUT2D eigenvalue weighted by Crippen LogP contribution is -2.75. The number of rotatable bonds is 0. The topological polar surface area (TPSA) is 88.4 Å². The zero-order valence-electron chi connectivity index (χ0n) is 13.6. The molecule has 10 atom stereocenters. The Morgan fingerprint density at radius 2 is 1.96 bits per heavy atom. The van der Waals surface area contributed by atoms with Crippen molar-refractivity contribution in [1.29, 1.82) is 0 Å². The molecule has 0 amide bonds. The highest BCUT2D eigenvalue weighted by Crippen LogP contribution is 2.69. The second-order valence-electron chi connectivity index (χ2n) is 8.12. The van der Waals surface area contributed by atoms with E-state index in [0.717, 1.165) is 0 Å². The van der Waals surface area contributed by atoms with Crippen LogP contribution in [-0.4, -0.2) is 64.3 Å². The van der Waals surface area contributed by atoms with Crippen molar-refractivity contribution in [2.24, 2.45) is 16.7 Å². The predicted molar refractivity (Wildman–Crippen MR) is 78.3 cm³/mol. The normalized spacial score (nSPS) is 66.2. The van der Waals surface area contributed by atoms with Crippen LogP contribution in [0, 0.1) is 16.7 Å². The maximum Gasteiger partial charge on any atom is 0.215 e. The van der Waals surface area contributed by atoms with E-state index in [1.807, 2.05) is 13.0 Å². The smallest absolute Gasteiger partial charge is 0.215 e. The highest BCUT2D eigenvalue weighted by atomic mass is 16.7. The number of hydrogen-bond donors (Lipinski definition) is 3. The third-order valence-electron chi connectivity index (χ3n) is 7.70. The highest BCUT2D eigenvalue weighted by Gasteiger charge is 2.80. The fourth-order valence-corrected chi connectivity index (χ4v) is 6.33. The Labute approximate surface area is 135 Å². The van der Waals surface area contributed by atoms with Gasteiger partial charge < -0.3 is 29.5 Å². The maximum absolute atomic E-state index is 11.0. The first-order valence-electron chi connectivity index (χ1n) is 8.52. The molecule has 0 radical (unpaired) electrons. The monoisotopic (exact) mass is 324 g/mol. The molecule has 2 spiro atoms. The Balaban J connectivity index is 1.69. The molecular formula is C17H24O6. The van der Waals surface area contributed by atoms with Gasteiger partial charge in [-0.25, -0.2) is 0 Å². The molecule has 2 bridgehead atoms. The van der Waals surface area contributed by atoms with Gasteiger partial charge >= 0.3 is 0 Å². The molecule has 3 heterocycles. The van der Waals surface area contributed by atoms with E-state index in [1.165, 1.54) is 0 Å². The number of hydrogen-bond acceptors (Lipinski definition) is 6. The molecule has 6 heteroatoms. The number of aliphatic hydroxyl groups is 3. The van der Waals surface area contributed by atoms with E-state index >= 15 is 0 Å². The minimum absolute atomic E-state index is 0.00183. The van der Waals surface area contributed by atoms with Gasteiger partial charge in [0.15, 0.2) is 0 Å². The fourth-order valence-electron chi connectivity index (χ4n) is 6.33. The largest absolute Gasteiger partial charge is 0.390 e. The van der Waals surface area contributed by atoms with Crippen molar-refractivity contribution in [2.75, 3.05) is 6.61 Å². The molecule has 4 fully saturated rings. The molecule has 3 aliphatic heterocycles. The van der Waals surface area contributed by atoms with Gasteiger partial charge in [0.05, 0.1) is 48.0 Å². The Morgan fingerprint density at radius 1 is 1.22 bits per heavy atom. The van der Waals surface area contributed by atoms with Crippen molar-refractivity contribution < 1.29 is 29.5 Å². The van der Waals surface area contributed by atoms with E-state index in [4.69, 9.17) is 14.2 Å². The van der Waals surface area contributed by atoms with Crippen molar-refractivity contribution in [1.82, 2.24) is 0 Å². The molecule has 0 aromatic rings. The van der Waals surface area contributed by atoms with Crippen LogP contribution in [0.15, 0.2) is 11.6 Å². The van der Waals surface area contributed by atoms with Gasteiger partial charge in [-0.1, -0.05) is 13.0 Å². The van der Waals surface area contributed by atoms with Gasteiger partial charge in [-0.2, -0.15) is 0 Å². The third kappa shape index (κ3) is 1.26. The second-order valence-corrected chi connectivity index (χ2v) is 8.12. The minimum atomic E-state index is -1.63. The molecule has 3 saturated heterocycles. The summed E-state index contributed by atoms with van der Waals surface area (Å²) in [5, 5.41) is 32.3. The lowest BCUT2D eigenvalue weighted by Gasteiger charge is -2.66. The summed E-state index contributed by atoms with van der Waals surface area (Å²) in [7, 11) is 0. The Kier molecular flexibility index (Phi) is 2.58. The van der Waals surface area contributed by atoms with Crippen molar-refractivity contribution in [3.05, 3.63) is 11.6 Å². The fraction of sp³-hybridized carbons (Fsp3) is 0.882. The van der Waals surface area contributed by atoms with E-state index in [9.17, 15) is 15.3 Å². The number of ether oxygens (including phenoxy) is 3. The Bertz CT molecular complexity index is 606. The summed E-state index contributed by atoms with van der Waals surface area (Å²) < 4.78 is 17.9. The summed E-state index contributed by atoms with van der Waals surface area (Å²) >= 11 is 0. The van der Waals surface area contributed by atoms with Gasteiger partial charge in [0.1, 0.15) is 6.10 Å². The van der Waals surface area contributed by atoms with Gasteiger partial charge in [0, 0.05) is 6.42 Å². The summed E-state index contributed by atoms with van der Waals surface area (Å²) in [6.07, 6.45) is 0.0557. The summed E-state index contributed by atoms with van der Waals surface area (Å²) in [5.74, 6) is -1.63. The lowest BCUT2D eigenvalue weighted by molar-refractivity contribution is -0.349. The quantitative estimate of drug-likeness (QED) is 0.542. The third-order valence-corrected chi connectivity index (χ3v) is 7.70. The van der Waals surface area contributed by atoms with E-state index in [-0.39, 0.29) is 42.4 Å². The van der Waals surface area contributed by atoms with Gasteiger partial charge in [0.2, 0.25) is 5.79 Å². The van der Waals surface area contributed by atoms with Crippen molar-refractivity contribution in [3.63, 3.8) is 0 Å². The first kappa shape index (κ1) is 14.8. The number of fused-ring (bicyclic) bond motifs is 1. The van der Waals surface area contributed by atoms with Crippen molar-refractivity contribution in [2.45, 2.75) is 69.6 Å². The average Bonchev–Trinajstić information content (AvgIpc) is 2.84. The van der Waals surface area contributed by atoms with Crippen LogP contribution in [0.2, 0.25) is 0 Å². The molecule has 5 aliphatic rings. The van der Waals surface area contributed by atoms with Crippen molar-refractivity contribution in [3.8, 4) is 0 Å². The first-order chi connectivity index (χ1) is 10.8. The van der Waals surface area contributed by atoms with E-state index in [0.29, 0.717) is 12.0 Å². The van der Waals surface area contributed by atoms with Crippen LogP contribution in [0.5, 0.6) is 0 Å². The first-order valence-corrected chi connectivity index (χ1v) is 8.52. The standard InChI is InChI=1S/C17H24O6/c1-7-4-11-15(6-21-17(7,20)14(15)19)8(2)16-9(3)22-12(16)5-10(18)13(16)23-11/h4,8-14,18-20H,5-6H2,1-3H3. The molecule has 128 valence electrons. The molecule has 0 aromatic heterocycles. The zero-order chi connectivity index (χ0) is 16.4. The van der Waals surface area contributed by atoms with Crippen LogP contribution in [0.1, 0.15) is 27.2 Å². The summed E-state index contributed by atoms with van der Waals surface area (Å²) in [5.41, 5.74) is -0.455.